The van der Waals surface area contributed by atoms with E-state index in [0.29, 0.717) is 12.3 Å². The molecule has 2 aromatic rings. The highest BCUT2D eigenvalue weighted by molar-refractivity contribution is 5.92. The summed E-state index contributed by atoms with van der Waals surface area (Å²) in [5, 5.41) is 3.93. The lowest BCUT2D eigenvalue weighted by Gasteiger charge is -2.07. The van der Waals surface area contributed by atoms with E-state index in [4.69, 9.17) is 4.84 Å². The maximum Gasteiger partial charge on any atom is 0.181 e. The van der Waals surface area contributed by atoms with Crippen molar-refractivity contribution in [2.24, 2.45) is 0 Å². The Morgan fingerprint density at radius 3 is 2.75 bits per heavy atom. The smallest absolute Gasteiger partial charge is 0.181 e. The Labute approximate surface area is 93.4 Å². The number of benzene rings is 1. The van der Waals surface area contributed by atoms with Gasteiger partial charge >= 0.3 is 0 Å². The van der Waals surface area contributed by atoms with Gasteiger partial charge in [-0.2, -0.15) is 0 Å². The first-order valence-corrected chi connectivity index (χ1v) is 4.99. The summed E-state index contributed by atoms with van der Waals surface area (Å²) < 4.78 is 0. The van der Waals surface area contributed by atoms with Crippen LogP contribution in [0.2, 0.25) is 0 Å². The summed E-state index contributed by atoms with van der Waals surface area (Å²) >= 11 is 0. The van der Waals surface area contributed by atoms with Crippen molar-refractivity contribution in [1.82, 2.24) is 9.94 Å². The monoisotopic (exact) mass is 216 g/mol. The maximum atomic E-state index is 11.2. The van der Waals surface area contributed by atoms with Crippen molar-refractivity contribution in [3.05, 3.63) is 53.9 Å². The molecule has 4 nitrogen and oxygen atoms in total. The van der Waals surface area contributed by atoms with Gasteiger partial charge in [0, 0.05) is 6.92 Å². The van der Waals surface area contributed by atoms with Crippen molar-refractivity contribution in [3.63, 3.8) is 0 Å². The van der Waals surface area contributed by atoms with E-state index in [1.54, 1.807) is 12.3 Å². The Morgan fingerprint density at radius 1 is 1.31 bits per heavy atom. The third kappa shape index (κ3) is 2.28. The Morgan fingerprint density at radius 2 is 2.06 bits per heavy atom. The molecule has 2 rings (SSSR count). The lowest BCUT2D eigenvalue weighted by molar-refractivity contribution is 0.0603. The van der Waals surface area contributed by atoms with Gasteiger partial charge in [-0.25, -0.2) is 0 Å². The van der Waals surface area contributed by atoms with E-state index in [9.17, 15) is 4.79 Å². The molecule has 0 saturated carbocycles. The molecular formula is C12H12N2O2. The second-order valence-electron chi connectivity index (χ2n) is 3.40. The van der Waals surface area contributed by atoms with Gasteiger partial charge in [0.05, 0.1) is 6.20 Å². The molecular weight excluding hydrogens is 204 g/mol. The van der Waals surface area contributed by atoms with Gasteiger partial charge < -0.3 is 4.84 Å². The largest absolute Gasteiger partial charge is 0.391 e. The van der Waals surface area contributed by atoms with Crippen molar-refractivity contribution >= 4 is 5.78 Å². The molecule has 0 unspecified atom stereocenters. The van der Waals surface area contributed by atoms with Crippen LogP contribution >= 0.6 is 0 Å². The van der Waals surface area contributed by atoms with Crippen LogP contribution in [0.4, 0.5) is 0 Å². The van der Waals surface area contributed by atoms with E-state index in [1.807, 2.05) is 30.3 Å². The maximum absolute atomic E-state index is 11.2. The molecule has 0 radical (unpaired) electrons. The van der Waals surface area contributed by atoms with Crippen LogP contribution in [0.15, 0.2) is 42.6 Å². The summed E-state index contributed by atoms with van der Waals surface area (Å²) in [6, 6.07) is 11.4. The number of carbonyl (C=O) groups excluding carboxylic acids is 1. The van der Waals surface area contributed by atoms with Crippen LogP contribution in [-0.2, 0) is 6.61 Å². The number of hydrogen-bond acceptors (Lipinski definition) is 3. The number of carbonyl (C=O) groups is 1. The van der Waals surface area contributed by atoms with Gasteiger partial charge in [0.1, 0.15) is 12.3 Å². The molecule has 4 heteroatoms. The summed E-state index contributed by atoms with van der Waals surface area (Å²) in [5.74, 6) is -0.0643. The summed E-state index contributed by atoms with van der Waals surface area (Å²) in [6.45, 7) is 1.88. The molecule has 0 aliphatic rings. The van der Waals surface area contributed by atoms with Crippen LogP contribution < -0.4 is 4.84 Å². The topological polar surface area (TPSA) is 44.1 Å². The fraction of sp³-hybridized carbons (Fsp3) is 0.167. The van der Waals surface area contributed by atoms with Crippen LogP contribution in [0.5, 0.6) is 0 Å². The van der Waals surface area contributed by atoms with E-state index in [2.05, 4.69) is 5.10 Å². The van der Waals surface area contributed by atoms with Crippen LogP contribution in [0.25, 0.3) is 0 Å². The van der Waals surface area contributed by atoms with E-state index < -0.39 is 0 Å². The minimum absolute atomic E-state index is 0.0643. The second kappa shape index (κ2) is 4.61. The fourth-order valence-electron chi connectivity index (χ4n) is 1.36. The molecule has 0 spiro atoms. The molecule has 0 atom stereocenters. The lowest BCUT2D eigenvalue weighted by atomic mass is 10.2. The highest BCUT2D eigenvalue weighted by Gasteiger charge is 2.07. The molecule has 16 heavy (non-hydrogen) atoms. The Kier molecular flexibility index (Phi) is 3.00. The predicted molar refractivity (Wildman–Crippen MR) is 59.0 cm³/mol. The molecule has 0 aliphatic carbocycles. The van der Waals surface area contributed by atoms with Crippen molar-refractivity contribution in [1.29, 1.82) is 0 Å². The van der Waals surface area contributed by atoms with Gasteiger partial charge in [-0.05, 0) is 11.6 Å². The molecule has 1 aromatic heterocycles. The zero-order chi connectivity index (χ0) is 11.4. The molecule has 1 aromatic carbocycles. The van der Waals surface area contributed by atoms with Crippen molar-refractivity contribution in [3.8, 4) is 0 Å². The fourth-order valence-corrected chi connectivity index (χ4v) is 1.36. The van der Waals surface area contributed by atoms with E-state index in [1.165, 1.54) is 11.8 Å². The summed E-state index contributed by atoms with van der Waals surface area (Å²) in [6.07, 6.45) is 1.54. The van der Waals surface area contributed by atoms with E-state index in [0.717, 1.165) is 5.56 Å². The van der Waals surface area contributed by atoms with Crippen LogP contribution in [-0.4, -0.2) is 15.7 Å². The standard InChI is InChI=1S/C12H12N2O2/c1-10(15)12-7-8-13-14(12)16-9-11-5-3-2-4-6-11/h2-8H,9H2,1H3. The molecule has 0 bridgehead atoms. The second-order valence-corrected chi connectivity index (χ2v) is 3.40. The van der Waals surface area contributed by atoms with E-state index >= 15 is 0 Å². The Balaban J connectivity index is 2.05. The van der Waals surface area contributed by atoms with Crippen LogP contribution in [0, 0.1) is 0 Å². The number of ketones is 1. The molecule has 82 valence electrons. The van der Waals surface area contributed by atoms with Gasteiger partial charge in [0.15, 0.2) is 5.78 Å². The van der Waals surface area contributed by atoms with Gasteiger partial charge in [-0.15, -0.1) is 5.10 Å². The number of Topliss-reactive ketones (excluding diaryl/α,β-unsaturated/α-hetero) is 1. The Bertz CT molecular complexity index is 477. The zero-order valence-electron chi connectivity index (χ0n) is 8.96. The molecule has 0 N–H and O–H groups in total. The van der Waals surface area contributed by atoms with Gasteiger partial charge in [-0.3, -0.25) is 4.79 Å². The van der Waals surface area contributed by atoms with Gasteiger partial charge in [0.2, 0.25) is 0 Å². The first-order chi connectivity index (χ1) is 7.77. The average Bonchev–Trinajstić information content (AvgIpc) is 2.76. The minimum atomic E-state index is -0.0643. The Hall–Kier alpha value is -2.10. The molecule has 1 heterocycles. The number of aromatic nitrogens is 2. The number of rotatable bonds is 4. The van der Waals surface area contributed by atoms with Crippen LogP contribution in [0.3, 0.4) is 0 Å². The number of nitrogens with zero attached hydrogens (tertiary/aromatic N) is 2. The van der Waals surface area contributed by atoms with E-state index in [-0.39, 0.29) is 5.78 Å². The normalized spacial score (nSPS) is 10.1. The highest BCUT2D eigenvalue weighted by Crippen LogP contribution is 2.01. The third-order valence-corrected chi connectivity index (χ3v) is 2.17. The molecule has 0 saturated heterocycles. The van der Waals surface area contributed by atoms with Crippen molar-refractivity contribution in [2.45, 2.75) is 13.5 Å². The first-order valence-electron chi connectivity index (χ1n) is 4.99. The predicted octanol–water partition coefficient (Wildman–Crippen LogP) is 1.71. The van der Waals surface area contributed by atoms with Crippen LogP contribution in [0.1, 0.15) is 23.0 Å². The summed E-state index contributed by atoms with van der Waals surface area (Å²) in [4.78, 5) is 17.9. The van der Waals surface area contributed by atoms with Gasteiger partial charge in [0.25, 0.3) is 0 Å². The first kappa shape index (κ1) is 10.4. The lowest BCUT2D eigenvalue weighted by Crippen LogP contribution is -2.17. The average molecular weight is 216 g/mol. The molecule has 0 aliphatic heterocycles. The molecule has 0 amide bonds. The highest BCUT2D eigenvalue weighted by atomic mass is 16.7. The minimum Gasteiger partial charge on any atom is -0.391 e. The van der Waals surface area contributed by atoms with Crippen molar-refractivity contribution < 1.29 is 9.63 Å². The summed E-state index contributed by atoms with van der Waals surface area (Å²) in [5.41, 5.74) is 1.49. The molecule has 0 fully saturated rings. The van der Waals surface area contributed by atoms with Crippen molar-refractivity contribution in [2.75, 3.05) is 0 Å². The number of hydrogen-bond donors (Lipinski definition) is 0. The third-order valence-electron chi connectivity index (χ3n) is 2.17. The quantitative estimate of drug-likeness (QED) is 0.731. The van der Waals surface area contributed by atoms with Gasteiger partial charge in [-0.1, -0.05) is 35.2 Å². The summed E-state index contributed by atoms with van der Waals surface area (Å²) in [7, 11) is 0. The SMILES string of the molecule is CC(=O)c1ccnn1OCc1ccccc1. The zero-order valence-corrected chi connectivity index (χ0v) is 8.96.